The fraction of sp³-hybridized carbons (Fsp3) is 0.467. The number of rotatable bonds is 5. The number of benzene rings is 1. The second-order valence-corrected chi connectivity index (χ2v) is 5.34. The number of hydrogen-bond acceptors (Lipinski definition) is 4. The molecule has 2 N–H and O–H groups in total. The molecule has 1 aromatic carbocycles. The lowest BCUT2D eigenvalue weighted by atomic mass is 9.84. The van der Waals surface area contributed by atoms with Gasteiger partial charge in [-0.2, -0.15) is 4.98 Å². The van der Waals surface area contributed by atoms with Gasteiger partial charge in [-0.15, -0.1) is 0 Å². The molecule has 19 heavy (non-hydrogen) atoms. The highest BCUT2D eigenvalue weighted by molar-refractivity contribution is 5.29. The first-order valence-electron chi connectivity index (χ1n) is 6.71. The molecule has 0 saturated carbocycles. The Balaban J connectivity index is 2.27. The number of nitrogens with two attached hydrogens (primary N) is 1. The van der Waals surface area contributed by atoms with E-state index in [1.54, 1.807) is 0 Å². The van der Waals surface area contributed by atoms with Gasteiger partial charge in [0.1, 0.15) is 0 Å². The van der Waals surface area contributed by atoms with Crippen molar-refractivity contribution >= 4 is 0 Å². The van der Waals surface area contributed by atoms with Crippen molar-refractivity contribution in [3.05, 3.63) is 47.6 Å². The van der Waals surface area contributed by atoms with Crippen LogP contribution in [0.2, 0.25) is 0 Å². The molecule has 0 bridgehead atoms. The molecule has 0 fully saturated rings. The Morgan fingerprint density at radius 1 is 1.26 bits per heavy atom. The van der Waals surface area contributed by atoms with E-state index in [-0.39, 0.29) is 11.5 Å². The summed E-state index contributed by atoms with van der Waals surface area (Å²) in [4.78, 5) is 4.47. The van der Waals surface area contributed by atoms with Gasteiger partial charge < -0.3 is 10.3 Å². The monoisotopic (exact) mass is 259 g/mol. The topological polar surface area (TPSA) is 64.9 Å². The van der Waals surface area contributed by atoms with E-state index in [0.717, 1.165) is 18.4 Å². The second kappa shape index (κ2) is 5.53. The van der Waals surface area contributed by atoms with E-state index in [1.165, 1.54) is 0 Å². The molecular weight excluding hydrogens is 238 g/mol. The molecule has 0 aliphatic heterocycles. The van der Waals surface area contributed by atoms with Gasteiger partial charge in [0.05, 0.1) is 11.5 Å². The van der Waals surface area contributed by atoms with E-state index in [1.807, 2.05) is 18.2 Å². The Labute approximate surface area is 114 Å². The summed E-state index contributed by atoms with van der Waals surface area (Å²) in [5, 5.41) is 4.02. The van der Waals surface area contributed by atoms with Gasteiger partial charge in [0.2, 0.25) is 5.89 Å². The van der Waals surface area contributed by atoms with Gasteiger partial charge in [0, 0.05) is 0 Å². The van der Waals surface area contributed by atoms with Crippen molar-refractivity contribution in [1.29, 1.82) is 0 Å². The highest BCUT2D eigenvalue weighted by Crippen LogP contribution is 2.30. The molecule has 0 aliphatic carbocycles. The first kappa shape index (κ1) is 13.7. The Hall–Kier alpha value is -1.68. The van der Waals surface area contributed by atoms with Crippen LogP contribution in [0.4, 0.5) is 0 Å². The van der Waals surface area contributed by atoms with Crippen LogP contribution in [0.3, 0.4) is 0 Å². The molecule has 2 rings (SSSR count). The van der Waals surface area contributed by atoms with Crippen molar-refractivity contribution in [2.24, 2.45) is 5.73 Å². The van der Waals surface area contributed by atoms with Crippen LogP contribution in [0.15, 0.2) is 34.9 Å². The maximum atomic E-state index is 6.02. The van der Waals surface area contributed by atoms with E-state index >= 15 is 0 Å². The van der Waals surface area contributed by atoms with E-state index in [9.17, 15) is 0 Å². The minimum Gasteiger partial charge on any atom is -0.338 e. The van der Waals surface area contributed by atoms with Crippen molar-refractivity contribution in [3.63, 3.8) is 0 Å². The van der Waals surface area contributed by atoms with Crippen molar-refractivity contribution in [2.45, 2.75) is 45.1 Å². The summed E-state index contributed by atoms with van der Waals surface area (Å²) in [6.07, 6.45) is 1.87. The highest BCUT2D eigenvalue weighted by atomic mass is 16.5. The van der Waals surface area contributed by atoms with Crippen molar-refractivity contribution in [1.82, 2.24) is 10.1 Å². The van der Waals surface area contributed by atoms with Crippen LogP contribution in [0, 0.1) is 0 Å². The largest absolute Gasteiger partial charge is 0.338 e. The molecular formula is C15H21N3O. The van der Waals surface area contributed by atoms with E-state index in [0.29, 0.717) is 11.7 Å². The van der Waals surface area contributed by atoms with Crippen LogP contribution in [0.1, 0.15) is 56.9 Å². The van der Waals surface area contributed by atoms with E-state index in [4.69, 9.17) is 10.3 Å². The molecule has 1 aromatic heterocycles. The van der Waals surface area contributed by atoms with Crippen LogP contribution in [-0.4, -0.2) is 10.1 Å². The zero-order chi connectivity index (χ0) is 13.9. The lowest BCUT2D eigenvalue weighted by molar-refractivity contribution is 0.327. The number of nitrogens with zero attached hydrogens (tertiary/aromatic N) is 2. The SMILES string of the molecule is CCCC(N)c1noc(C(C)(C)c2ccccc2)n1. The molecule has 0 amide bonds. The summed E-state index contributed by atoms with van der Waals surface area (Å²) in [7, 11) is 0. The third-order valence-electron chi connectivity index (χ3n) is 3.40. The summed E-state index contributed by atoms with van der Waals surface area (Å²) >= 11 is 0. The molecule has 0 saturated heterocycles. The van der Waals surface area contributed by atoms with Crippen LogP contribution < -0.4 is 5.73 Å². The fourth-order valence-corrected chi connectivity index (χ4v) is 2.06. The third-order valence-corrected chi connectivity index (χ3v) is 3.40. The van der Waals surface area contributed by atoms with E-state index < -0.39 is 0 Å². The van der Waals surface area contributed by atoms with Crippen LogP contribution >= 0.6 is 0 Å². The Bertz CT molecular complexity index is 519. The molecule has 0 radical (unpaired) electrons. The zero-order valence-electron chi connectivity index (χ0n) is 11.8. The first-order chi connectivity index (χ1) is 9.05. The molecule has 0 spiro atoms. The maximum Gasteiger partial charge on any atom is 0.236 e. The van der Waals surface area contributed by atoms with Gasteiger partial charge in [0.15, 0.2) is 5.82 Å². The van der Waals surface area contributed by atoms with Gasteiger partial charge in [0.25, 0.3) is 0 Å². The predicted molar refractivity (Wildman–Crippen MR) is 74.7 cm³/mol. The predicted octanol–water partition coefficient (Wildman–Crippen LogP) is 3.20. The molecule has 102 valence electrons. The first-order valence-corrected chi connectivity index (χ1v) is 6.71. The summed E-state index contributed by atoms with van der Waals surface area (Å²) in [6.45, 7) is 6.24. The highest BCUT2D eigenvalue weighted by Gasteiger charge is 2.30. The quantitative estimate of drug-likeness (QED) is 0.895. The lowest BCUT2D eigenvalue weighted by Crippen LogP contribution is -2.20. The second-order valence-electron chi connectivity index (χ2n) is 5.34. The van der Waals surface area contributed by atoms with Gasteiger partial charge in [-0.05, 0) is 25.8 Å². The molecule has 1 atom stereocenters. The minimum absolute atomic E-state index is 0.144. The Kier molecular flexibility index (Phi) is 4.00. The summed E-state index contributed by atoms with van der Waals surface area (Å²) in [6, 6.07) is 10.0. The summed E-state index contributed by atoms with van der Waals surface area (Å²) in [5.74, 6) is 1.21. The van der Waals surface area contributed by atoms with Crippen LogP contribution in [0.25, 0.3) is 0 Å². The van der Waals surface area contributed by atoms with Crippen molar-refractivity contribution < 1.29 is 4.52 Å². The van der Waals surface area contributed by atoms with Crippen LogP contribution in [0.5, 0.6) is 0 Å². The standard InChI is InChI=1S/C15H21N3O/c1-4-8-12(16)13-17-14(19-18-13)15(2,3)11-9-6-5-7-10-11/h5-7,9-10,12H,4,8,16H2,1-3H3. The van der Waals surface area contributed by atoms with Gasteiger partial charge in [-0.3, -0.25) is 0 Å². The molecule has 4 heteroatoms. The van der Waals surface area contributed by atoms with Crippen molar-refractivity contribution in [3.8, 4) is 0 Å². The van der Waals surface area contributed by atoms with E-state index in [2.05, 4.69) is 43.0 Å². The number of hydrogen-bond donors (Lipinski definition) is 1. The molecule has 1 unspecified atom stereocenters. The van der Waals surface area contributed by atoms with Gasteiger partial charge in [-0.1, -0.05) is 48.8 Å². The molecule has 4 nitrogen and oxygen atoms in total. The maximum absolute atomic E-state index is 6.02. The van der Waals surface area contributed by atoms with Crippen LogP contribution in [-0.2, 0) is 5.41 Å². The minimum atomic E-state index is -0.307. The Morgan fingerprint density at radius 2 is 1.95 bits per heavy atom. The summed E-state index contributed by atoms with van der Waals surface area (Å²) in [5.41, 5.74) is 6.86. The normalized spacial score (nSPS) is 13.5. The molecule has 2 aromatic rings. The van der Waals surface area contributed by atoms with Gasteiger partial charge in [-0.25, -0.2) is 0 Å². The van der Waals surface area contributed by atoms with Gasteiger partial charge >= 0.3 is 0 Å². The third kappa shape index (κ3) is 2.84. The average molecular weight is 259 g/mol. The Morgan fingerprint density at radius 3 is 2.58 bits per heavy atom. The molecule has 0 aliphatic rings. The number of aromatic nitrogens is 2. The average Bonchev–Trinajstić information content (AvgIpc) is 2.90. The zero-order valence-corrected chi connectivity index (χ0v) is 11.8. The lowest BCUT2D eigenvalue weighted by Gasteiger charge is -2.20. The van der Waals surface area contributed by atoms with Crippen molar-refractivity contribution in [2.75, 3.05) is 0 Å². The fourth-order valence-electron chi connectivity index (χ4n) is 2.06. The smallest absolute Gasteiger partial charge is 0.236 e. The summed E-state index contributed by atoms with van der Waals surface area (Å²) < 4.78 is 5.41. The molecule has 1 heterocycles.